The summed E-state index contributed by atoms with van der Waals surface area (Å²) in [5.41, 5.74) is 8.90. The number of hydrogen-bond acceptors (Lipinski definition) is 3. The van der Waals surface area contributed by atoms with Gasteiger partial charge in [0.15, 0.2) is 0 Å². The summed E-state index contributed by atoms with van der Waals surface area (Å²) in [7, 11) is 0. The van der Waals surface area contributed by atoms with Crippen LogP contribution in [0.1, 0.15) is 30.0 Å². The van der Waals surface area contributed by atoms with Crippen LogP contribution in [-0.4, -0.2) is 25.3 Å². The number of fused-ring (bicyclic) bond motifs is 1. The molecule has 3 nitrogen and oxygen atoms in total. The molecule has 2 atom stereocenters. The van der Waals surface area contributed by atoms with Gasteiger partial charge in [-0.05, 0) is 37.1 Å². The van der Waals surface area contributed by atoms with E-state index in [0.29, 0.717) is 6.10 Å². The van der Waals surface area contributed by atoms with Crippen molar-refractivity contribution in [2.45, 2.75) is 37.5 Å². The maximum absolute atomic E-state index is 6.27. The van der Waals surface area contributed by atoms with Crippen LogP contribution in [0.2, 0.25) is 0 Å². The molecule has 1 aliphatic heterocycles. The average molecular weight is 232 g/mol. The number of benzene rings is 1. The van der Waals surface area contributed by atoms with Gasteiger partial charge in [0.05, 0.1) is 18.2 Å². The van der Waals surface area contributed by atoms with Gasteiger partial charge in [-0.15, -0.1) is 0 Å². The van der Waals surface area contributed by atoms with Gasteiger partial charge in [0, 0.05) is 6.42 Å². The van der Waals surface area contributed by atoms with E-state index in [1.165, 1.54) is 11.1 Å². The molecule has 1 saturated heterocycles. The van der Waals surface area contributed by atoms with E-state index in [0.717, 1.165) is 32.4 Å². The van der Waals surface area contributed by atoms with Gasteiger partial charge in [0.25, 0.3) is 0 Å². The normalized spacial score (nSPS) is 29.2. The van der Waals surface area contributed by atoms with Crippen molar-refractivity contribution in [3.05, 3.63) is 35.4 Å². The number of rotatable bonds is 2. The van der Waals surface area contributed by atoms with Crippen molar-refractivity contribution in [3.8, 4) is 0 Å². The smallest absolute Gasteiger partial charge is 0.0811 e. The first kappa shape index (κ1) is 11.2. The van der Waals surface area contributed by atoms with E-state index in [9.17, 15) is 0 Å². The average Bonchev–Trinajstić information content (AvgIpc) is 2.68. The zero-order valence-electron chi connectivity index (χ0n) is 10.1. The molecule has 1 aliphatic carbocycles. The molecule has 3 heteroatoms. The Hall–Kier alpha value is -0.900. The number of hydrogen-bond donors (Lipinski definition) is 2. The molecule has 0 bridgehead atoms. The van der Waals surface area contributed by atoms with E-state index in [-0.39, 0.29) is 12.1 Å². The van der Waals surface area contributed by atoms with Crippen LogP contribution >= 0.6 is 0 Å². The molecule has 0 radical (unpaired) electrons. The molecule has 0 spiro atoms. The summed E-state index contributed by atoms with van der Waals surface area (Å²) in [5.74, 6) is 0. The zero-order valence-corrected chi connectivity index (χ0v) is 10.1. The highest BCUT2D eigenvalue weighted by atomic mass is 16.5. The Morgan fingerprint density at radius 2 is 1.94 bits per heavy atom. The predicted molar refractivity (Wildman–Crippen MR) is 67.8 cm³/mol. The SMILES string of the molecule is NC1c2ccccc2CC1OC1CCNCC1. The van der Waals surface area contributed by atoms with E-state index in [1.54, 1.807) is 0 Å². The summed E-state index contributed by atoms with van der Waals surface area (Å²) in [6.07, 6.45) is 3.76. The van der Waals surface area contributed by atoms with Gasteiger partial charge in [-0.25, -0.2) is 0 Å². The van der Waals surface area contributed by atoms with Crippen molar-refractivity contribution in [2.75, 3.05) is 13.1 Å². The molecular weight excluding hydrogens is 212 g/mol. The molecule has 1 fully saturated rings. The highest BCUT2D eigenvalue weighted by Gasteiger charge is 2.32. The van der Waals surface area contributed by atoms with Gasteiger partial charge < -0.3 is 15.8 Å². The minimum absolute atomic E-state index is 0.0566. The Morgan fingerprint density at radius 3 is 2.71 bits per heavy atom. The van der Waals surface area contributed by atoms with E-state index in [2.05, 4.69) is 29.6 Å². The lowest BCUT2D eigenvalue weighted by Gasteiger charge is -2.28. The second-order valence-electron chi connectivity index (χ2n) is 5.05. The molecule has 0 aromatic heterocycles. The quantitative estimate of drug-likeness (QED) is 0.810. The lowest BCUT2D eigenvalue weighted by atomic mass is 10.1. The number of nitrogens with two attached hydrogens (primary N) is 1. The lowest BCUT2D eigenvalue weighted by molar-refractivity contribution is -0.0324. The van der Waals surface area contributed by atoms with E-state index < -0.39 is 0 Å². The van der Waals surface area contributed by atoms with Gasteiger partial charge in [-0.3, -0.25) is 0 Å². The fraction of sp³-hybridized carbons (Fsp3) is 0.571. The summed E-state index contributed by atoms with van der Waals surface area (Å²) in [5, 5.41) is 3.36. The summed E-state index contributed by atoms with van der Waals surface area (Å²) in [4.78, 5) is 0. The van der Waals surface area contributed by atoms with E-state index >= 15 is 0 Å². The van der Waals surface area contributed by atoms with Crippen molar-refractivity contribution in [3.63, 3.8) is 0 Å². The first-order valence-electron chi connectivity index (χ1n) is 6.54. The van der Waals surface area contributed by atoms with Crippen LogP contribution < -0.4 is 11.1 Å². The van der Waals surface area contributed by atoms with Gasteiger partial charge in [0.1, 0.15) is 0 Å². The van der Waals surface area contributed by atoms with E-state index in [4.69, 9.17) is 10.5 Å². The Balaban J connectivity index is 1.67. The molecule has 0 amide bonds. The van der Waals surface area contributed by atoms with Gasteiger partial charge in [0.2, 0.25) is 0 Å². The van der Waals surface area contributed by atoms with Gasteiger partial charge in [-0.2, -0.15) is 0 Å². The number of piperidine rings is 1. The Kier molecular flexibility index (Phi) is 3.14. The fourth-order valence-corrected chi connectivity index (χ4v) is 2.90. The van der Waals surface area contributed by atoms with Crippen molar-refractivity contribution >= 4 is 0 Å². The van der Waals surface area contributed by atoms with Crippen LogP contribution in [0.4, 0.5) is 0 Å². The largest absolute Gasteiger partial charge is 0.373 e. The second-order valence-corrected chi connectivity index (χ2v) is 5.05. The molecular formula is C14H20N2O. The number of nitrogens with one attached hydrogen (secondary N) is 1. The van der Waals surface area contributed by atoms with Crippen LogP contribution in [0.15, 0.2) is 24.3 Å². The van der Waals surface area contributed by atoms with Crippen molar-refractivity contribution < 1.29 is 4.74 Å². The molecule has 17 heavy (non-hydrogen) atoms. The standard InChI is InChI=1S/C14H20N2O/c15-14-12-4-2-1-3-10(12)9-13(14)17-11-5-7-16-8-6-11/h1-4,11,13-14,16H,5-9,15H2. The fourth-order valence-electron chi connectivity index (χ4n) is 2.90. The van der Waals surface area contributed by atoms with Crippen LogP contribution in [0.5, 0.6) is 0 Å². The molecule has 3 rings (SSSR count). The van der Waals surface area contributed by atoms with E-state index in [1.807, 2.05) is 0 Å². The number of ether oxygens (including phenoxy) is 1. The Bertz CT molecular complexity index is 388. The second kappa shape index (κ2) is 4.77. The minimum atomic E-state index is 0.0566. The molecule has 2 aliphatic rings. The monoisotopic (exact) mass is 232 g/mol. The van der Waals surface area contributed by atoms with Crippen molar-refractivity contribution in [1.82, 2.24) is 5.32 Å². The molecule has 0 saturated carbocycles. The van der Waals surface area contributed by atoms with Crippen LogP contribution in [-0.2, 0) is 11.2 Å². The first-order chi connectivity index (χ1) is 8.34. The van der Waals surface area contributed by atoms with Gasteiger partial charge >= 0.3 is 0 Å². The Labute approximate surface area is 102 Å². The third-order valence-corrected chi connectivity index (χ3v) is 3.89. The summed E-state index contributed by atoms with van der Waals surface area (Å²) < 4.78 is 6.18. The molecule has 1 heterocycles. The molecule has 2 unspecified atom stereocenters. The zero-order chi connectivity index (χ0) is 11.7. The molecule has 1 aromatic carbocycles. The Morgan fingerprint density at radius 1 is 1.18 bits per heavy atom. The van der Waals surface area contributed by atoms with Crippen molar-refractivity contribution in [2.24, 2.45) is 5.73 Å². The minimum Gasteiger partial charge on any atom is -0.373 e. The molecule has 92 valence electrons. The van der Waals surface area contributed by atoms with Crippen LogP contribution in [0, 0.1) is 0 Å². The predicted octanol–water partition coefficient (Wildman–Crippen LogP) is 1.38. The van der Waals surface area contributed by atoms with Crippen LogP contribution in [0.3, 0.4) is 0 Å². The third-order valence-electron chi connectivity index (χ3n) is 3.89. The highest BCUT2D eigenvalue weighted by Crippen LogP contribution is 2.32. The highest BCUT2D eigenvalue weighted by molar-refractivity contribution is 5.36. The maximum Gasteiger partial charge on any atom is 0.0811 e. The first-order valence-corrected chi connectivity index (χ1v) is 6.54. The summed E-state index contributed by atoms with van der Waals surface area (Å²) in [6, 6.07) is 8.50. The summed E-state index contributed by atoms with van der Waals surface area (Å²) in [6.45, 7) is 2.14. The molecule has 1 aromatic rings. The van der Waals surface area contributed by atoms with Gasteiger partial charge in [-0.1, -0.05) is 24.3 Å². The summed E-state index contributed by atoms with van der Waals surface area (Å²) >= 11 is 0. The third kappa shape index (κ3) is 2.23. The van der Waals surface area contributed by atoms with Crippen molar-refractivity contribution in [1.29, 1.82) is 0 Å². The molecule has 3 N–H and O–H groups in total. The lowest BCUT2D eigenvalue weighted by Crippen LogP contribution is -2.37. The topological polar surface area (TPSA) is 47.3 Å². The maximum atomic E-state index is 6.27. The van der Waals surface area contributed by atoms with Crippen LogP contribution in [0.25, 0.3) is 0 Å².